The van der Waals surface area contributed by atoms with Gasteiger partial charge in [-0.15, -0.1) is 0 Å². The fourth-order valence-electron chi connectivity index (χ4n) is 4.74. The van der Waals surface area contributed by atoms with E-state index in [0.717, 1.165) is 30.6 Å². The third-order valence-electron chi connectivity index (χ3n) is 6.02. The van der Waals surface area contributed by atoms with Crippen molar-refractivity contribution < 1.29 is 14.4 Å². The Morgan fingerprint density at radius 3 is 2.46 bits per heavy atom. The Labute approximate surface area is 143 Å². The molecule has 3 aliphatic rings. The molecule has 0 bridgehead atoms. The van der Waals surface area contributed by atoms with Crippen molar-refractivity contribution in [3.63, 3.8) is 0 Å². The number of likely N-dealkylation sites (tertiary alicyclic amines) is 1. The first-order chi connectivity index (χ1) is 11.3. The van der Waals surface area contributed by atoms with Gasteiger partial charge in [0.05, 0.1) is 0 Å². The van der Waals surface area contributed by atoms with Crippen molar-refractivity contribution in [1.29, 1.82) is 0 Å². The Morgan fingerprint density at radius 1 is 1.17 bits per heavy atom. The van der Waals surface area contributed by atoms with Crippen molar-refractivity contribution in [2.75, 3.05) is 19.6 Å². The average Bonchev–Trinajstić information content (AvgIpc) is 2.74. The standard InChI is InChI=1S/C18H29N3O3/c1-12-8-13(2)10-20(9-12)15(22)11-21-16(23)18(19-17(21)24)7-5-4-6-14(18)3/h12-14H,4-11H2,1-3H3,(H,19,24)/t12-,13+,14-,18-/m1/s1. The second-order valence-electron chi connectivity index (χ2n) is 8.18. The zero-order valence-corrected chi connectivity index (χ0v) is 15.0. The van der Waals surface area contributed by atoms with Crippen LogP contribution in [-0.4, -0.2) is 52.8 Å². The Balaban J connectivity index is 1.70. The summed E-state index contributed by atoms with van der Waals surface area (Å²) in [5, 5.41) is 2.91. The first-order valence-electron chi connectivity index (χ1n) is 9.25. The minimum atomic E-state index is -0.780. The largest absolute Gasteiger partial charge is 0.341 e. The molecule has 1 aliphatic carbocycles. The van der Waals surface area contributed by atoms with E-state index in [1.807, 2.05) is 11.8 Å². The van der Waals surface area contributed by atoms with Gasteiger partial charge in [0.15, 0.2) is 0 Å². The van der Waals surface area contributed by atoms with Gasteiger partial charge in [0.1, 0.15) is 12.1 Å². The Morgan fingerprint density at radius 2 is 1.83 bits per heavy atom. The highest BCUT2D eigenvalue weighted by atomic mass is 16.2. The Bertz CT molecular complexity index is 540. The van der Waals surface area contributed by atoms with E-state index in [2.05, 4.69) is 19.2 Å². The van der Waals surface area contributed by atoms with Crippen LogP contribution in [-0.2, 0) is 9.59 Å². The van der Waals surface area contributed by atoms with Crippen LogP contribution >= 0.6 is 0 Å². The van der Waals surface area contributed by atoms with Gasteiger partial charge in [-0.3, -0.25) is 14.5 Å². The molecule has 3 rings (SSSR count). The first kappa shape index (κ1) is 17.2. The Hall–Kier alpha value is -1.59. The van der Waals surface area contributed by atoms with E-state index in [1.54, 1.807) is 0 Å². The van der Waals surface area contributed by atoms with Crippen molar-refractivity contribution in [3.8, 4) is 0 Å². The summed E-state index contributed by atoms with van der Waals surface area (Å²) >= 11 is 0. The van der Waals surface area contributed by atoms with E-state index in [0.29, 0.717) is 31.3 Å². The fourth-order valence-corrected chi connectivity index (χ4v) is 4.74. The summed E-state index contributed by atoms with van der Waals surface area (Å²) in [7, 11) is 0. The lowest BCUT2D eigenvalue weighted by atomic mass is 9.73. The predicted molar refractivity (Wildman–Crippen MR) is 90.1 cm³/mol. The molecule has 4 amide bonds. The second-order valence-corrected chi connectivity index (χ2v) is 8.18. The van der Waals surface area contributed by atoms with Crippen LogP contribution in [0.15, 0.2) is 0 Å². The molecule has 2 aliphatic heterocycles. The van der Waals surface area contributed by atoms with Crippen LogP contribution in [0.4, 0.5) is 4.79 Å². The fraction of sp³-hybridized carbons (Fsp3) is 0.833. The molecule has 6 heteroatoms. The molecule has 4 atom stereocenters. The number of carbonyl (C=O) groups is 3. The highest BCUT2D eigenvalue weighted by Gasteiger charge is 2.55. The third-order valence-corrected chi connectivity index (χ3v) is 6.02. The molecule has 0 aromatic heterocycles. The van der Waals surface area contributed by atoms with E-state index in [4.69, 9.17) is 0 Å². The van der Waals surface area contributed by atoms with Crippen LogP contribution in [0.2, 0.25) is 0 Å². The molecule has 3 fully saturated rings. The van der Waals surface area contributed by atoms with Crippen LogP contribution in [0.1, 0.15) is 52.9 Å². The number of piperidine rings is 1. The van der Waals surface area contributed by atoms with Gasteiger partial charge in [-0.25, -0.2) is 4.79 Å². The van der Waals surface area contributed by atoms with Crippen molar-refractivity contribution in [3.05, 3.63) is 0 Å². The molecule has 2 saturated heterocycles. The average molecular weight is 335 g/mol. The summed E-state index contributed by atoms with van der Waals surface area (Å²) in [5.74, 6) is 0.734. The minimum absolute atomic E-state index is 0.114. The molecular weight excluding hydrogens is 306 g/mol. The van der Waals surface area contributed by atoms with Gasteiger partial charge in [0.25, 0.3) is 5.91 Å². The van der Waals surface area contributed by atoms with Crippen LogP contribution in [0.3, 0.4) is 0 Å². The molecule has 0 aromatic carbocycles. The van der Waals surface area contributed by atoms with Gasteiger partial charge in [0, 0.05) is 13.1 Å². The molecule has 2 heterocycles. The molecular formula is C18H29N3O3. The van der Waals surface area contributed by atoms with Crippen molar-refractivity contribution in [2.45, 2.75) is 58.4 Å². The van der Waals surface area contributed by atoms with Crippen LogP contribution in [0, 0.1) is 17.8 Å². The molecule has 1 saturated carbocycles. The monoisotopic (exact) mass is 335 g/mol. The van der Waals surface area contributed by atoms with Gasteiger partial charge in [-0.1, -0.05) is 33.6 Å². The predicted octanol–water partition coefficient (Wildman–Crippen LogP) is 1.99. The molecule has 0 unspecified atom stereocenters. The minimum Gasteiger partial charge on any atom is -0.341 e. The second kappa shape index (κ2) is 6.37. The lowest BCUT2D eigenvalue weighted by Gasteiger charge is -2.37. The lowest BCUT2D eigenvalue weighted by molar-refractivity contribution is -0.141. The van der Waals surface area contributed by atoms with Gasteiger partial charge < -0.3 is 10.2 Å². The maximum atomic E-state index is 12.9. The zero-order chi connectivity index (χ0) is 17.5. The Kier molecular flexibility index (Phi) is 4.58. The maximum absolute atomic E-state index is 12.9. The van der Waals surface area contributed by atoms with Crippen molar-refractivity contribution in [1.82, 2.24) is 15.1 Å². The summed E-state index contributed by atoms with van der Waals surface area (Å²) in [6.07, 6.45) is 4.78. The van der Waals surface area contributed by atoms with E-state index in [9.17, 15) is 14.4 Å². The molecule has 0 aromatic rings. The molecule has 24 heavy (non-hydrogen) atoms. The van der Waals surface area contributed by atoms with Gasteiger partial charge >= 0.3 is 6.03 Å². The number of imide groups is 1. The van der Waals surface area contributed by atoms with Gasteiger partial charge in [-0.05, 0) is 37.0 Å². The van der Waals surface area contributed by atoms with E-state index in [1.165, 1.54) is 0 Å². The molecule has 6 nitrogen and oxygen atoms in total. The topological polar surface area (TPSA) is 69.7 Å². The van der Waals surface area contributed by atoms with Gasteiger partial charge in [-0.2, -0.15) is 0 Å². The zero-order valence-electron chi connectivity index (χ0n) is 15.0. The SMILES string of the molecule is C[C@@H]1C[C@H](C)CN(C(=O)CN2C(=O)N[C@@]3(CCCC[C@H]3C)C2=O)C1. The van der Waals surface area contributed by atoms with Crippen LogP contribution in [0.5, 0.6) is 0 Å². The van der Waals surface area contributed by atoms with Crippen molar-refractivity contribution in [2.24, 2.45) is 17.8 Å². The summed E-state index contributed by atoms with van der Waals surface area (Å²) in [6.45, 7) is 7.61. The highest BCUT2D eigenvalue weighted by Crippen LogP contribution is 2.38. The highest BCUT2D eigenvalue weighted by molar-refractivity contribution is 6.09. The van der Waals surface area contributed by atoms with Gasteiger partial charge in [0.2, 0.25) is 5.91 Å². The number of urea groups is 1. The summed E-state index contributed by atoms with van der Waals surface area (Å²) in [5.41, 5.74) is -0.780. The number of hydrogen-bond acceptors (Lipinski definition) is 3. The summed E-state index contributed by atoms with van der Waals surface area (Å²) in [6, 6.07) is -0.403. The van der Waals surface area contributed by atoms with Crippen LogP contribution in [0.25, 0.3) is 0 Å². The van der Waals surface area contributed by atoms with Crippen molar-refractivity contribution >= 4 is 17.8 Å². The number of rotatable bonds is 2. The van der Waals surface area contributed by atoms with E-state index in [-0.39, 0.29) is 24.3 Å². The first-order valence-corrected chi connectivity index (χ1v) is 9.25. The van der Waals surface area contributed by atoms with E-state index >= 15 is 0 Å². The summed E-state index contributed by atoms with van der Waals surface area (Å²) in [4.78, 5) is 40.9. The number of nitrogens with zero attached hydrogens (tertiary/aromatic N) is 2. The van der Waals surface area contributed by atoms with E-state index < -0.39 is 11.6 Å². The quantitative estimate of drug-likeness (QED) is 0.785. The number of carbonyl (C=O) groups excluding carboxylic acids is 3. The number of amides is 4. The van der Waals surface area contributed by atoms with Crippen LogP contribution < -0.4 is 5.32 Å². The maximum Gasteiger partial charge on any atom is 0.325 e. The molecule has 1 spiro atoms. The smallest absolute Gasteiger partial charge is 0.325 e. The number of nitrogens with one attached hydrogen (secondary N) is 1. The molecule has 134 valence electrons. The molecule has 0 radical (unpaired) electrons. The summed E-state index contributed by atoms with van der Waals surface area (Å²) < 4.78 is 0. The molecule has 1 N–H and O–H groups in total. The lowest BCUT2D eigenvalue weighted by Crippen LogP contribution is -2.54. The number of hydrogen-bond donors (Lipinski definition) is 1. The normalized spacial score (nSPS) is 37.0. The third kappa shape index (κ3) is 2.91.